The van der Waals surface area contributed by atoms with E-state index in [9.17, 15) is 10.1 Å². The average Bonchev–Trinajstić information content (AvgIpc) is 3.04. The maximum Gasteiger partial charge on any atom is 0.353 e. The van der Waals surface area contributed by atoms with Gasteiger partial charge in [0, 0.05) is 17.3 Å². The molecular weight excluding hydrogens is 375 g/mol. The molecule has 0 saturated carbocycles. The van der Waals surface area contributed by atoms with Crippen LogP contribution in [0.15, 0.2) is 36.1 Å². The number of anilines is 4. The van der Waals surface area contributed by atoms with Crippen molar-refractivity contribution in [3.63, 3.8) is 0 Å². The smallest absolute Gasteiger partial charge is 0.334 e. The first-order valence-corrected chi connectivity index (χ1v) is 8.06. The van der Waals surface area contributed by atoms with Crippen LogP contribution >= 0.6 is 34.5 Å². The van der Waals surface area contributed by atoms with E-state index in [1.807, 2.05) is 0 Å². The van der Waals surface area contributed by atoms with Crippen molar-refractivity contribution >= 4 is 62.7 Å². The van der Waals surface area contributed by atoms with Gasteiger partial charge in [0.1, 0.15) is 6.33 Å². The second-order valence-corrected chi connectivity index (χ2v) is 6.10. The van der Waals surface area contributed by atoms with E-state index in [4.69, 9.17) is 23.2 Å². The van der Waals surface area contributed by atoms with Gasteiger partial charge < -0.3 is 10.6 Å². The van der Waals surface area contributed by atoms with Crippen LogP contribution in [0.5, 0.6) is 0 Å². The van der Waals surface area contributed by atoms with Crippen molar-refractivity contribution in [3.8, 4) is 0 Å². The van der Waals surface area contributed by atoms with Crippen molar-refractivity contribution in [2.75, 3.05) is 10.6 Å². The minimum atomic E-state index is -0.574. The summed E-state index contributed by atoms with van der Waals surface area (Å²) in [4.78, 5) is 22.8. The van der Waals surface area contributed by atoms with E-state index in [2.05, 4.69) is 25.6 Å². The Morgan fingerprint density at radius 3 is 2.46 bits per heavy atom. The van der Waals surface area contributed by atoms with E-state index in [1.54, 1.807) is 29.8 Å². The lowest BCUT2D eigenvalue weighted by Crippen LogP contribution is -2.05. The van der Waals surface area contributed by atoms with E-state index in [0.717, 1.165) is 0 Å². The Balaban J connectivity index is 1.97. The SMILES string of the molecule is O=[N+]([O-])c1c(Nc2ccc(Cl)c(Cl)c2)ncnc1Nc1nccs1. The number of halogens is 2. The summed E-state index contributed by atoms with van der Waals surface area (Å²) in [6.45, 7) is 0. The Labute approximate surface area is 149 Å². The highest BCUT2D eigenvalue weighted by atomic mass is 35.5. The molecule has 11 heteroatoms. The summed E-state index contributed by atoms with van der Waals surface area (Å²) in [6, 6.07) is 4.76. The maximum atomic E-state index is 11.5. The highest BCUT2D eigenvalue weighted by molar-refractivity contribution is 7.13. The molecule has 2 N–H and O–H groups in total. The molecule has 2 aromatic heterocycles. The molecule has 0 amide bonds. The summed E-state index contributed by atoms with van der Waals surface area (Å²) in [5.41, 5.74) is 0.199. The molecule has 0 atom stereocenters. The lowest BCUT2D eigenvalue weighted by molar-refractivity contribution is -0.383. The summed E-state index contributed by atoms with van der Waals surface area (Å²) >= 11 is 13.1. The molecule has 1 aromatic carbocycles. The van der Waals surface area contributed by atoms with E-state index in [0.29, 0.717) is 20.9 Å². The van der Waals surface area contributed by atoms with E-state index >= 15 is 0 Å². The number of rotatable bonds is 5. The van der Waals surface area contributed by atoms with E-state index < -0.39 is 4.92 Å². The van der Waals surface area contributed by atoms with Gasteiger partial charge in [0.05, 0.1) is 15.0 Å². The molecule has 122 valence electrons. The van der Waals surface area contributed by atoms with Gasteiger partial charge in [-0.15, -0.1) is 11.3 Å². The van der Waals surface area contributed by atoms with Gasteiger partial charge in [-0.05, 0) is 18.2 Å². The van der Waals surface area contributed by atoms with Crippen LogP contribution in [-0.4, -0.2) is 19.9 Å². The van der Waals surface area contributed by atoms with Gasteiger partial charge in [-0.2, -0.15) is 0 Å². The topological polar surface area (TPSA) is 106 Å². The monoisotopic (exact) mass is 382 g/mol. The minimum Gasteiger partial charge on any atom is -0.334 e. The van der Waals surface area contributed by atoms with Crippen molar-refractivity contribution in [1.82, 2.24) is 15.0 Å². The fourth-order valence-corrected chi connectivity index (χ4v) is 2.66. The summed E-state index contributed by atoms with van der Waals surface area (Å²) < 4.78 is 0. The Morgan fingerprint density at radius 1 is 1.08 bits per heavy atom. The van der Waals surface area contributed by atoms with Crippen LogP contribution in [0.2, 0.25) is 10.0 Å². The lowest BCUT2D eigenvalue weighted by Gasteiger charge is -2.09. The molecule has 0 aliphatic rings. The summed E-state index contributed by atoms with van der Waals surface area (Å²) in [5.74, 6) is 0.0555. The number of benzene rings is 1. The van der Waals surface area contributed by atoms with Crippen molar-refractivity contribution in [2.45, 2.75) is 0 Å². The van der Waals surface area contributed by atoms with Gasteiger partial charge in [0.15, 0.2) is 5.13 Å². The molecule has 2 heterocycles. The van der Waals surface area contributed by atoms with Crippen LogP contribution in [0.1, 0.15) is 0 Å². The second kappa shape index (κ2) is 6.95. The molecule has 3 rings (SSSR count). The number of aromatic nitrogens is 3. The van der Waals surface area contributed by atoms with Gasteiger partial charge in [-0.3, -0.25) is 10.1 Å². The Bertz CT molecular complexity index is 890. The quantitative estimate of drug-likeness (QED) is 0.488. The Morgan fingerprint density at radius 2 is 1.83 bits per heavy atom. The van der Waals surface area contributed by atoms with Crippen molar-refractivity contribution in [1.29, 1.82) is 0 Å². The molecule has 24 heavy (non-hydrogen) atoms. The van der Waals surface area contributed by atoms with Gasteiger partial charge in [0.2, 0.25) is 11.6 Å². The van der Waals surface area contributed by atoms with Crippen LogP contribution in [0.25, 0.3) is 0 Å². The van der Waals surface area contributed by atoms with Gasteiger partial charge >= 0.3 is 5.69 Å². The Hall–Kier alpha value is -2.49. The number of thiazole rings is 1. The van der Waals surface area contributed by atoms with Crippen molar-refractivity contribution in [2.24, 2.45) is 0 Å². The zero-order valence-electron chi connectivity index (χ0n) is 11.7. The first kappa shape index (κ1) is 16.4. The number of hydrogen-bond donors (Lipinski definition) is 2. The van der Waals surface area contributed by atoms with Crippen molar-refractivity contribution < 1.29 is 4.92 Å². The minimum absolute atomic E-state index is 0.0208. The fraction of sp³-hybridized carbons (Fsp3) is 0. The van der Waals surface area contributed by atoms with Gasteiger partial charge in [-0.25, -0.2) is 15.0 Å². The molecule has 0 radical (unpaired) electrons. The maximum absolute atomic E-state index is 11.5. The summed E-state index contributed by atoms with van der Waals surface area (Å²) in [5, 5.41) is 20.0. The number of nitro groups is 1. The molecule has 3 aromatic rings. The fourth-order valence-electron chi connectivity index (χ4n) is 1.83. The molecule has 0 unspecified atom stereocenters. The number of hydrogen-bond acceptors (Lipinski definition) is 8. The summed E-state index contributed by atoms with van der Waals surface area (Å²) in [6.07, 6.45) is 2.79. The zero-order valence-corrected chi connectivity index (χ0v) is 14.1. The lowest BCUT2D eigenvalue weighted by atomic mass is 10.3. The molecule has 0 aliphatic carbocycles. The largest absolute Gasteiger partial charge is 0.353 e. The third kappa shape index (κ3) is 3.53. The van der Waals surface area contributed by atoms with Crippen LogP contribution < -0.4 is 10.6 Å². The van der Waals surface area contributed by atoms with Crippen molar-refractivity contribution in [3.05, 3.63) is 56.3 Å². The van der Waals surface area contributed by atoms with Crippen LogP contribution in [0, 0.1) is 10.1 Å². The van der Waals surface area contributed by atoms with E-state index in [1.165, 1.54) is 17.7 Å². The molecular formula is C13H8Cl2N6O2S. The highest BCUT2D eigenvalue weighted by Gasteiger charge is 2.24. The van der Waals surface area contributed by atoms with Gasteiger partial charge in [-0.1, -0.05) is 23.2 Å². The van der Waals surface area contributed by atoms with Crippen LogP contribution in [0.3, 0.4) is 0 Å². The number of nitrogens with zero attached hydrogens (tertiary/aromatic N) is 4. The second-order valence-electron chi connectivity index (χ2n) is 4.39. The van der Waals surface area contributed by atoms with Crippen LogP contribution in [0.4, 0.5) is 28.1 Å². The first-order chi connectivity index (χ1) is 11.5. The Kier molecular flexibility index (Phi) is 4.74. The molecule has 0 bridgehead atoms. The highest BCUT2D eigenvalue weighted by Crippen LogP contribution is 2.34. The normalized spacial score (nSPS) is 10.4. The molecule has 0 fully saturated rings. The first-order valence-electron chi connectivity index (χ1n) is 6.42. The molecule has 8 nitrogen and oxygen atoms in total. The summed E-state index contributed by atoms with van der Waals surface area (Å²) in [7, 11) is 0. The van der Waals surface area contributed by atoms with Crippen LogP contribution in [-0.2, 0) is 0 Å². The third-order valence-electron chi connectivity index (χ3n) is 2.84. The molecule has 0 saturated heterocycles. The molecule has 0 aliphatic heterocycles. The standard InChI is InChI=1S/C13H8Cl2N6O2S/c14-8-2-1-7(5-9(8)15)19-11-10(21(22)23)12(18-6-17-11)20-13-16-3-4-24-13/h1-6H,(H2,16,17,18,19,20). The average molecular weight is 383 g/mol. The molecule has 0 spiro atoms. The zero-order chi connectivity index (χ0) is 17.1. The third-order valence-corrected chi connectivity index (χ3v) is 4.27. The number of nitrogens with one attached hydrogen (secondary N) is 2. The predicted octanol–water partition coefficient (Wildman–Crippen LogP) is 4.64. The van der Waals surface area contributed by atoms with Gasteiger partial charge in [0.25, 0.3) is 0 Å². The predicted molar refractivity (Wildman–Crippen MR) is 93.8 cm³/mol. The van der Waals surface area contributed by atoms with E-state index in [-0.39, 0.29) is 17.3 Å².